The van der Waals surface area contributed by atoms with Crippen molar-refractivity contribution in [3.8, 4) is 0 Å². The molecule has 38 heavy (non-hydrogen) atoms. The quantitative estimate of drug-likeness (QED) is 0.410. The smallest absolute Gasteiger partial charge is 0.262 e. The number of carbonyl (C=O) groups is 2. The van der Waals surface area contributed by atoms with Crippen LogP contribution in [0.4, 0.5) is 10.1 Å². The average molecular weight is 533 g/mol. The molecule has 3 aromatic rings. The molecule has 196 valence electrons. The first-order valence-electron chi connectivity index (χ1n) is 12.7. The molecule has 2 aliphatic rings. The van der Waals surface area contributed by atoms with E-state index in [9.17, 15) is 14.0 Å². The minimum Gasteiger partial charge on any atom is -0.387 e. The van der Waals surface area contributed by atoms with Crippen molar-refractivity contribution in [2.75, 3.05) is 38.5 Å². The third kappa shape index (κ3) is 5.44. The zero-order chi connectivity index (χ0) is 26.6. The van der Waals surface area contributed by atoms with Crippen LogP contribution in [0.2, 0.25) is 5.02 Å². The molecule has 5 rings (SSSR count). The molecule has 0 bridgehead atoms. The van der Waals surface area contributed by atoms with E-state index >= 15 is 0 Å². The Hall–Kier alpha value is -3.68. The van der Waals surface area contributed by atoms with Crippen molar-refractivity contribution in [2.24, 2.45) is 5.92 Å². The molecule has 0 radical (unpaired) electrons. The molecular weight excluding hydrogens is 503 g/mol. The van der Waals surface area contributed by atoms with Gasteiger partial charge in [-0.2, -0.15) is 0 Å². The number of halogens is 2. The van der Waals surface area contributed by atoms with E-state index in [0.717, 1.165) is 42.9 Å². The van der Waals surface area contributed by atoms with Gasteiger partial charge in [0.15, 0.2) is 0 Å². The van der Waals surface area contributed by atoms with Crippen molar-refractivity contribution in [3.05, 3.63) is 112 Å². The van der Waals surface area contributed by atoms with Gasteiger partial charge in [0.2, 0.25) is 0 Å². The maximum Gasteiger partial charge on any atom is 0.262 e. The largest absolute Gasteiger partial charge is 0.387 e. The van der Waals surface area contributed by atoms with Crippen molar-refractivity contribution in [1.29, 1.82) is 0 Å². The average Bonchev–Trinajstić information content (AvgIpc) is 3.50. The van der Waals surface area contributed by atoms with Gasteiger partial charge in [0.1, 0.15) is 5.82 Å². The van der Waals surface area contributed by atoms with Gasteiger partial charge in [-0.05, 0) is 41.8 Å². The van der Waals surface area contributed by atoms with Crippen molar-refractivity contribution < 1.29 is 14.0 Å². The van der Waals surface area contributed by atoms with Crippen LogP contribution in [0.5, 0.6) is 0 Å². The van der Waals surface area contributed by atoms with Gasteiger partial charge in [0.05, 0.1) is 22.2 Å². The lowest BCUT2D eigenvalue weighted by Crippen LogP contribution is -2.34. The second-order valence-electron chi connectivity index (χ2n) is 9.71. The number of nitrogens with zero attached hydrogens (tertiary/aromatic N) is 2. The molecule has 2 heterocycles. The van der Waals surface area contributed by atoms with Crippen LogP contribution in [0, 0.1) is 11.7 Å². The van der Waals surface area contributed by atoms with Crippen LogP contribution in [-0.2, 0) is 0 Å². The Morgan fingerprint density at radius 2 is 1.79 bits per heavy atom. The van der Waals surface area contributed by atoms with E-state index in [0.29, 0.717) is 12.1 Å². The van der Waals surface area contributed by atoms with Crippen LogP contribution in [0.25, 0.3) is 0 Å². The lowest BCUT2D eigenvalue weighted by Gasteiger charge is -2.24. The van der Waals surface area contributed by atoms with Crippen LogP contribution in [0.1, 0.15) is 38.7 Å². The number of likely N-dealkylation sites (tertiary alicyclic amines) is 1. The number of amides is 2. The summed E-state index contributed by atoms with van der Waals surface area (Å²) >= 11 is 6.11. The Bertz CT molecular complexity index is 1340. The number of hydrogen-bond acceptors (Lipinski definition) is 4. The number of para-hydroxylation sites is 1. The molecule has 6 nitrogen and oxygen atoms in total. The molecule has 1 saturated heterocycles. The van der Waals surface area contributed by atoms with Crippen LogP contribution < -0.4 is 10.6 Å². The molecule has 1 unspecified atom stereocenters. The second-order valence-corrected chi connectivity index (χ2v) is 10.1. The van der Waals surface area contributed by atoms with E-state index < -0.39 is 11.7 Å². The van der Waals surface area contributed by atoms with Gasteiger partial charge in [-0.25, -0.2) is 4.39 Å². The lowest BCUT2D eigenvalue weighted by atomic mass is 10.0. The summed E-state index contributed by atoms with van der Waals surface area (Å²) in [5.74, 6) is -0.927. The summed E-state index contributed by atoms with van der Waals surface area (Å²) in [5.41, 5.74) is 3.53. The predicted octanol–water partition coefficient (Wildman–Crippen LogP) is 5.35. The number of hydrogen-bond donors (Lipinski definition) is 2. The van der Waals surface area contributed by atoms with Crippen LogP contribution >= 0.6 is 11.6 Å². The van der Waals surface area contributed by atoms with E-state index in [2.05, 4.69) is 15.5 Å². The minimum absolute atomic E-state index is 0.0795. The van der Waals surface area contributed by atoms with Gasteiger partial charge >= 0.3 is 0 Å². The summed E-state index contributed by atoms with van der Waals surface area (Å²) < 4.78 is 14.3. The minimum atomic E-state index is -0.606. The topological polar surface area (TPSA) is 64.7 Å². The number of benzene rings is 3. The second kappa shape index (κ2) is 11.4. The third-order valence-corrected chi connectivity index (χ3v) is 7.58. The number of carbonyl (C=O) groups excluding carboxylic acids is 2. The Labute approximate surface area is 227 Å². The van der Waals surface area contributed by atoms with E-state index in [4.69, 9.17) is 11.6 Å². The maximum absolute atomic E-state index is 14.3. The summed E-state index contributed by atoms with van der Waals surface area (Å²) in [6.07, 6.45) is 2.59. The van der Waals surface area contributed by atoms with Gasteiger partial charge in [-0.1, -0.05) is 60.1 Å². The van der Waals surface area contributed by atoms with Crippen LogP contribution in [0.15, 0.2) is 84.6 Å². The maximum atomic E-state index is 14.3. The van der Waals surface area contributed by atoms with E-state index in [-0.39, 0.29) is 28.5 Å². The molecule has 0 saturated carbocycles. The highest BCUT2D eigenvalue weighted by Gasteiger charge is 2.36. The fourth-order valence-electron chi connectivity index (χ4n) is 5.30. The van der Waals surface area contributed by atoms with Crippen molar-refractivity contribution in [3.63, 3.8) is 0 Å². The Morgan fingerprint density at radius 1 is 1.03 bits per heavy atom. The first-order valence-corrected chi connectivity index (χ1v) is 13.1. The number of fused-ring (bicyclic) bond motifs is 1. The SMILES string of the molecule is CNc1ccccc1C(=O)N[C@@H](CCN1CC2=CN(C(=O)c3c(F)cccc3Cl)CC2C1)c1ccccc1. The molecule has 0 aliphatic carbocycles. The fourth-order valence-corrected chi connectivity index (χ4v) is 5.55. The van der Waals surface area contributed by atoms with Gasteiger partial charge in [0.25, 0.3) is 11.8 Å². The molecule has 2 amide bonds. The predicted molar refractivity (Wildman–Crippen MR) is 148 cm³/mol. The molecule has 8 heteroatoms. The molecule has 2 atom stereocenters. The highest BCUT2D eigenvalue weighted by Crippen LogP contribution is 2.32. The van der Waals surface area contributed by atoms with Crippen molar-refractivity contribution >= 4 is 29.1 Å². The van der Waals surface area contributed by atoms with E-state index in [1.807, 2.05) is 60.8 Å². The lowest BCUT2D eigenvalue weighted by molar-refractivity contribution is 0.0816. The van der Waals surface area contributed by atoms with Crippen molar-refractivity contribution in [1.82, 2.24) is 15.1 Å². The van der Waals surface area contributed by atoms with Gasteiger partial charge < -0.3 is 15.5 Å². The summed E-state index contributed by atoms with van der Waals surface area (Å²) in [4.78, 5) is 30.0. The standard InChI is InChI=1S/C30H30ClFN4O2/c1-33-27-13-6-5-10-23(27)29(37)34-26(20-8-3-2-4-9-20)14-15-35-16-21-18-36(19-22(21)17-35)30(38)28-24(31)11-7-12-25(28)32/h2-13,18,22,26,33H,14-17,19H2,1H3,(H,34,37)/t22?,26-/m0/s1. The van der Waals surface area contributed by atoms with Gasteiger partial charge in [-0.15, -0.1) is 0 Å². The molecule has 2 aliphatic heterocycles. The summed E-state index contributed by atoms with van der Waals surface area (Å²) in [6.45, 7) is 2.83. The first kappa shape index (κ1) is 25.9. The highest BCUT2D eigenvalue weighted by atomic mass is 35.5. The number of nitrogens with one attached hydrogen (secondary N) is 2. The van der Waals surface area contributed by atoms with Crippen molar-refractivity contribution in [2.45, 2.75) is 12.5 Å². The molecular formula is C30H30ClFN4O2. The highest BCUT2D eigenvalue weighted by molar-refractivity contribution is 6.33. The number of rotatable bonds is 8. The summed E-state index contributed by atoms with van der Waals surface area (Å²) in [6, 6.07) is 21.6. The Balaban J connectivity index is 1.24. The van der Waals surface area contributed by atoms with Crippen LogP contribution in [-0.4, -0.2) is 54.8 Å². The fraction of sp³-hybridized carbons (Fsp3) is 0.267. The molecule has 3 aromatic carbocycles. The monoisotopic (exact) mass is 532 g/mol. The van der Waals surface area contributed by atoms with Crippen LogP contribution in [0.3, 0.4) is 0 Å². The third-order valence-electron chi connectivity index (χ3n) is 7.27. The summed E-state index contributed by atoms with van der Waals surface area (Å²) in [5, 5.41) is 6.44. The zero-order valence-corrected chi connectivity index (χ0v) is 21.9. The molecule has 0 spiro atoms. The first-order chi connectivity index (χ1) is 18.4. The van der Waals surface area contributed by atoms with E-state index in [1.165, 1.54) is 18.2 Å². The molecule has 2 N–H and O–H groups in total. The molecule has 0 aromatic heterocycles. The zero-order valence-electron chi connectivity index (χ0n) is 21.2. The molecule has 1 fully saturated rings. The van der Waals surface area contributed by atoms with Gasteiger partial charge in [-0.3, -0.25) is 14.5 Å². The Kier molecular flexibility index (Phi) is 7.77. The van der Waals surface area contributed by atoms with E-state index in [1.54, 1.807) is 11.9 Å². The van der Waals surface area contributed by atoms with Gasteiger partial charge in [0, 0.05) is 51.0 Å². The Morgan fingerprint density at radius 3 is 2.53 bits per heavy atom. The number of anilines is 1. The summed E-state index contributed by atoms with van der Waals surface area (Å²) in [7, 11) is 1.80. The normalized spacial score (nSPS) is 17.6.